The van der Waals surface area contributed by atoms with Crippen molar-refractivity contribution < 1.29 is 14.4 Å². The summed E-state index contributed by atoms with van der Waals surface area (Å²) < 4.78 is 0. The van der Waals surface area contributed by atoms with Gasteiger partial charge in [-0.15, -0.1) is 0 Å². The number of benzene rings is 2. The van der Waals surface area contributed by atoms with Crippen molar-refractivity contribution in [3.8, 4) is 0 Å². The Morgan fingerprint density at radius 1 is 1.18 bits per heavy atom. The number of thioether (sulfide) groups is 1. The van der Waals surface area contributed by atoms with Crippen LogP contribution in [0.25, 0.3) is 0 Å². The van der Waals surface area contributed by atoms with Crippen LogP contribution in [0.2, 0.25) is 0 Å². The molecule has 1 N–H and O–H groups in total. The second-order valence-corrected chi connectivity index (χ2v) is 8.36. The van der Waals surface area contributed by atoms with E-state index in [-0.39, 0.29) is 35.4 Å². The second kappa shape index (κ2) is 7.80. The molecule has 1 heterocycles. The van der Waals surface area contributed by atoms with E-state index in [4.69, 9.17) is 0 Å². The average Bonchev–Trinajstić information content (AvgIpc) is 3.49. The molecule has 2 aromatic rings. The van der Waals surface area contributed by atoms with Gasteiger partial charge in [-0.25, -0.2) is 0 Å². The Morgan fingerprint density at radius 3 is 2.57 bits per heavy atom. The molecule has 28 heavy (non-hydrogen) atoms. The zero-order valence-electron chi connectivity index (χ0n) is 15.7. The summed E-state index contributed by atoms with van der Waals surface area (Å²) in [7, 11) is 0. The number of nitrogens with one attached hydrogen (secondary N) is 1. The van der Waals surface area contributed by atoms with Crippen molar-refractivity contribution in [2.75, 3.05) is 5.75 Å². The van der Waals surface area contributed by atoms with E-state index in [1.165, 1.54) is 10.5 Å². The van der Waals surface area contributed by atoms with Crippen LogP contribution in [0.4, 0.5) is 4.79 Å². The number of aryl methyl sites for hydroxylation is 1. The fourth-order valence-corrected chi connectivity index (χ4v) is 4.15. The molecule has 4 rings (SSSR count). The summed E-state index contributed by atoms with van der Waals surface area (Å²) in [5.74, 6) is 0.357. The van der Waals surface area contributed by atoms with Crippen LogP contribution in [0.1, 0.15) is 45.9 Å². The lowest BCUT2D eigenvalue weighted by Gasteiger charge is -2.19. The molecule has 144 valence electrons. The largest absolute Gasteiger partial charge is 0.345 e. The summed E-state index contributed by atoms with van der Waals surface area (Å²) >= 11 is 1.02. The van der Waals surface area contributed by atoms with Crippen molar-refractivity contribution in [3.05, 3.63) is 70.8 Å². The molecule has 6 heteroatoms. The van der Waals surface area contributed by atoms with Crippen molar-refractivity contribution in [2.45, 2.75) is 32.4 Å². The van der Waals surface area contributed by atoms with Crippen molar-refractivity contribution in [3.63, 3.8) is 0 Å². The first-order chi connectivity index (χ1) is 13.5. The molecule has 0 bridgehead atoms. The molecule has 1 saturated carbocycles. The number of amides is 3. The zero-order chi connectivity index (χ0) is 19.7. The van der Waals surface area contributed by atoms with E-state index in [1.807, 2.05) is 13.0 Å². The predicted octanol–water partition coefficient (Wildman–Crippen LogP) is 4.07. The number of imide groups is 1. The fraction of sp³-hybridized carbons (Fsp3) is 0.318. The minimum absolute atomic E-state index is 0.00916. The van der Waals surface area contributed by atoms with Gasteiger partial charge in [0.25, 0.3) is 11.1 Å². The van der Waals surface area contributed by atoms with Crippen LogP contribution in [-0.4, -0.2) is 27.7 Å². The van der Waals surface area contributed by atoms with Gasteiger partial charge in [-0.2, -0.15) is 0 Å². The first-order valence-electron chi connectivity index (χ1n) is 9.45. The van der Waals surface area contributed by atoms with E-state index >= 15 is 0 Å². The molecular formula is C22H22N2O3S. The third kappa shape index (κ3) is 4.12. The number of hydrogen-bond acceptors (Lipinski definition) is 4. The number of carbonyl (C=O) groups excluding carboxylic acids is 3. The highest BCUT2D eigenvalue weighted by Crippen LogP contribution is 2.41. The van der Waals surface area contributed by atoms with Crippen LogP contribution in [0.3, 0.4) is 0 Å². The van der Waals surface area contributed by atoms with E-state index in [2.05, 4.69) is 29.6 Å². The Kier molecular flexibility index (Phi) is 5.22. The quantitative estimate of drug-likeness (QED) is 0.802. The van der Waals surface area contributed by atoms with Gasteiger partial charge >= 0.3 is 0 Å². The van der Waals surface area contributed by atoms with Crippen LogP contribution >= 0.6 is 11.8 Å². The third-order valence-electron chi connectivity index (χ3n) is 5.19. The van der Waals surface area contributed by atoms with Crippen molar-refractivity contribution >= 4 is 28.8 Å². The van der Waals surface area contributed by atoms with Crippen LogP contribution in [0.5, 0.6) is 0 Å². The molecule has 2 aromatic carbocycles. The summed E-state index contributed by atoms with van der Waals surface area (Å²) in [5, 5.41) is 2.95. The summed E-state index contributed by atoms with van der Waals surface area (Å²) in [6, 6.07) is 15.5. The highest BCUT2D eigenvalue weighted by molar-refractivity contribution is 8.14. The Morgan fingerprint density at radius 2 is 1.93 bits per heavy atom. The molecule has 1 saturated heterocycles. The Bertz CT molecular complexity index is 906. The van der Waals surface area contributed by atoms with Gasteiger partial charge in [0, 0.05) is 5.56 Å². The van der Waals surface area contributed by atoms with Gasteiger partial charge in [0.05, 0.1) is 18.3 Å². The average molecular weight is 394 g/mol. The Balaban J connectivity index is 1.49. The van der Waals surface area contributed by atoms with Gasteiger partial charge in [-0.3, -0.25) is 19.3 Å². The first kappa shape index (κ1) is 18.7. The summed E-state index contributed by atoms with van der Waals surface area (Å²) in [5.41, 5.74) is 3.64. The molecular weight excluding hydrogens is 372 g/mol. The van der Waals surface area contributed by atoms with E-state index in [1.54, 1.807) is 18.2 Å². The molecule has 1 atom stereocenters. The second-order valence-electron chi connectivity index (χ2n) is 7.43. The topological polar surface area (TPSA) is 66.5 Å². The number of carbonyl (C=O) groups is 3. The Labute approximate surface area is 168 Å². The number of nitrogens with zero attached hydrogens (tertiary/aromatic N) is 1. The zero-order valence-corrected chi connectivity index (χ0v) is 16.5. The van der Waals surface area contributed by atoms with Gasteiger partial charge in [-0.1, -0.05) is 53.7 Å². The molecule has 1 unspecified atom stereocenters. The fourth-order valence-electron chi connectivity index (χ4n) is 3.43. The van der Waals surface area contributed by atoms with Gasteiger partial charge in [0.15, 0.2) is 0 Å². The van der Waals surface area contributed by atoms with Crippen LogP contribution in [-0.2, 0) is 11.3 Å². The van der Waals surface area contributed by atoms with Crippen molar-refractivity contribution in [1.29, 1.82) is 0 Å². The summed E-state index contributed by atoms with van der Waals surface area (Å²) in [6.07, 6.45) is 2.24. The first-order valence-corrected chi connectivity index (χ1v) is 10.4. The van der Waals surface area contributed by atoms with Crippen molar-refractivity contribution in [1.82, 2.24) is 10.2 Å². The molecule has 0 aromatic heterocycles. The van der Waals surface area contributed by atoms with Gasteiger partial charge < -0.3 is 5.32 Å². The van der Waals surface area contributed by atoms with Crippen LogP contribution in [0, 0.1) is 12.8 Å². The standard InChI is InChI=1S/C22H22N2O3S/c1-14-5-7-16(8-6-14)20(17-9-10-17)23-21(26)18-4-2-3-15(11-18)12-24-19(25)13-28-22(24)27/h2-8,11,17,20H,9-10,12-13H2,1H3,(H,23,26). The number of rotatable bonds is 6. The molecule has 3 amide bonds. The van der Waals surface area contributed by atoms with E-state index in [9.17, 15) is 14.4 Å². The Hall–Kier alpha value is -2.60. The molecule has 5 nitrogen and oxygen atoms in total. The predicted molar refractivity (Wildman–Crippen MR) is 109 cm³/mol. The van der Waals surface area contributed by atoms with Gasteiger partial charge in [0.1, 0.15) is 0 Å². The highest BCUT2D eigenvalue weighted by Gasteiger charge is 2.34. The molecule has 2 aliphatic rings. The van der Waals surface area contributed by atoms with Crippen molar-refractivity contribution in [2.24, 2.45) is 5.92 Å². The lowest BCUT2D eigenvalue weighted by Crippen LogP contribution is -2.30. The maximum absolute atomic E-state index is 12.9. The normalized spacial score (nSPS) is 17.7. The molecule has 1 aliphatic heterocycles. The highest BCUT2D eigenvalue weighted by atomic mass is 32.2. The van der Waals surface area contributed by atoms with Crippen LogP contribution < -0.4 is 5.32 Å². The summed E-state index contributed by atoms with van der Waals surface area (Å²) in [4.78, 5) is 37.7. The monoisotopic (exact) mass is 394 g/mol. The molecule has 0 spiro atoms. The minimum Gasteiger partial charge on any atom is -0.345 e. The molecule has 2 fully saturated rings. The van der Waals surface area contributed by atoms with E-state index < -0.39 is 0 Å². The van der Waals surface area contributed by atoms with Crippen LogP contribution in [0.15, 0.2) is 48.5 Å². The molecule has 0 radical (unpaired) electrons. The SMILES string of the molecule is Cc1ccc(C(NC(=O)c2cccc(CN3C(=O)CSC3=O)c2)C2CC2)cc1. The summed E-state index contributed by atoms with van der Waals surface area (Å²) in [6.45, 7) is 2.25. The maximum Gasteiger partial charge on any atom is 0.289 e. The number of hydrogen-bond donors (Lipinski definition) is 1. The third-order valence-corrected chi connectivity index (χ3v) is 6.05. The maximum atomic E-state index is 12.9. The lowest BCUT2D eigenvalue weighted by atomic mass is 10.0. The van der Waals surface area contributed by atoms with Gasteiger partial charge in [0.2, 0.25) is 5.91 Å². The smallest absolute Gasteiger partial charge is 0.289 e. The lowest BCUT2D eigenvalue weighted by molar-refractivity contribution is -0.125. The van der Waals surface area contributed by atoms with Gasteiger partial charge in [-0.05, 0) is 48.9 Å². The van der Waals surface area contributed by atoms with E-state index in [0.717, 1.165) is 35.7 Å². The minimum atomic E-state index is -0.229. The van der Waals surface area contributed by atoms with E-state index in [0.29, 0.717) is 11.5 Å². The molecule has 1 aliphatic carbocycles.